The predicted molar refractivity (Wildman–Crippen MR) is 72.3 cm³/mol. The van der Waals surface area contributed by atoms with Crippen LogP contribution in [0.25, 0.3) is 11.0 Å². The molecule has 2 aromatic rings. The molecule has 1 aliphatic rings. The van der Waals surface area contributed by atoms with Gasteiger partial charge in [0.05, 0.1) is 0 Å². The van der Waals surface area contributed by atoms with Crippen LogP contribution in [0, 0.1) is 17.2 Å². The topological polar surface area (TPSA) is 33.4 Å². The van der Waals surface area contributed by atoms with Crippen molar-refractivity contribution in [3.8, 4) is 0 Å². The molecule has 3 heteroatoms. The van der Waals surface area contributed by atoms with Crippen LogP contribution in [-0.2, 0) is 0 Å². The zero-order valence-corrected chi connectivity index (χ0v) is 11.3. The molecule has 1 aromatic heterocycles. The van der Waals surface area contributed by atoms with Gasteiger partial charge in [-0.3, -0.25) is 0 Å². The van der Waals surface area contributed by atoms with E-state index >= 15 is 0 Å². The highest BCUT2D eigenvalue weighted by Gasteiger charge is 2.40. The number of aliphatic hydroxyl groups is 1. The molecule has 0 radical (unpaired) electrons. The number of benzene rings is 1. The average Bonchev–Trinajstić information content (AvgIpc) is 2.92. The Bertz CT molecular complexity index is 600. The van der Waals surface area contributed by atoms with E-state index < -0.39 is 6.10 Å². The zero-order valence-electron chi connectivity index (χ0n) is 11.3. The molecule has 0 saturated heterocycles. The molecule has 1 N–H and O–H groups in total. The summed E-state index contributed by atoms with van der Waals surface area (Å²) in [6.45, 7) is 4.36. The highest BCUT2D eigenvalue weighted by molar-refractivity contribution is 5.78. The molecule has 2 atom stereocenters. The molecule has 0 spiro atoms. The Morgan fingerprint density at radius 2 is 2.21 bits per heavy atom. The summed E-state index contributed by atoms with van der Waals surface area (Å²) in [5.74, 6) is 0.290. The lowest BCUT2D eigenvalue weighted by Gasteiger charge is -2.30. The van der Waals surface area contributed by atoms with Gasteiger partial charge in [0.25, 0.3) is 0 Å². The van der Waals surface area contributed by atoms with Crippen LogP contribution in [0.15, 0.2) is 28.7 Å². The summed E-state index contributed by atoms with van der Waals surface area (Å²) in [5.41, 5.74) is 0.351. The molecule has 1 aliphatic carbocycles. The number of halogens is 1. The van der Waals surface area contributed by atoms with Crippen LogP contribution in [0.1, 0.15) is 45.0 Å². The fourth-order valence-electron chi connectivity index (χ4n) is 3.33. The maximum absolute atomic E-state index is 13.6. The van der Waals surface area contributed by atoms with Gasteiger partial charge in [0.15, 0.2) is 11.4 Å². The van der Waals surface area contributed by atoms with Crippen molar-refractivity contribution in [2.75, 3.05) is 0 Å². The fourth-order valence-corrected chi connectivity index (χ4v) is 3.33. The number of aliphatic hydroxyl groups excluding tert-OH is 1. The normalized spacial score (nSPS) is 23.9. The van der Waals surface area contributed by atoms with E-state index in [4.69, 9.17) is 4.42 Å². The minimum Gasteiger partial charge on any atom is -0.455 e. The minimum atomic E-state index is -0.649. The van der Waals surface area contributed by atoms with Gasteiger partial charge in [-0.25, -0.2) is 4.39 Å². The molecule has 1 saturated carbocycles. The van der Waals surface area contributed by atoms with Crippen molar-refractivity contribution < 1.29 is 13.9 Å². The Hall–Kier alpha value is -1.35. The van der Waals surface area contributed by atoms with Crippen molar-refractivity contribution in [2.24, 2.45) is 11.3 Å². The van der Waals surface area contributed by atoms with E-state index in [2.05, 4.69) is 13.8 Å². The monoisotopic (exact) mass is 262 g/mol. The molecule has 2 nitrogen and oxygen atoms in total. The maximum atomic E-state index is 13.6. The summed E-state index contributed by atoms with van der Waals surface area (Å²) in [7, 11) is 0. The second-order valence-electron chi connectivity index (χ2n) is 6.24. The second-order valence-corrected chi connectivity index (χ2v) is 6.24. The lowest BCUT2D eigenvalue weighted by molar-refractivity contribution is 0.0377. The smallest absolute Gasteiger partial charge is 0.170 e. The van der Waals surface area contributed by atoms with Crippen LogP contribution >= 0.6 is 0 Å². The number of furan rings is 1. The Balaban J connectivity index is 1.98. The number of rotatable bonds is 2. The lowest BCUT2D eigenvalue weighted by Crippen LogP contribution is -2.23. The van der Waals surface area contributed by atoms with E-state index in [0.29, 0.717) is 11.1 Å². The van der Waals surface area contributed by atoms with E-state index in [0.717, 1.165) is 19.3 Å². The Morgan fingerprint density at radius 3 is 2.84 bits per heavy atom. The van der Waals surface area contributed by atoms with Crippen LogP contribution in [0.3, 0.4) is 0 Å². The predicted octanol–water partition coefficient (Wildman–Crippen LogP) is 4.43. The van der Waals surface area contributed by atoms with Crippen LogP contribution in [0.2, 0.25) is 0 Å². The van der Waals surface area contributed by atoms with Crippen LogP contribution in [-0.4, -0.2) is 5.11 Å². The third-order valence-corrected chi connectivity index (χ3v) is 4.53. The van der Waals surface area contributed by atoms with Gasteiger partial charge in [-0.05, 0) is 36.3 Å². The van der Waals surface area contributed by atoms with Gasteiger partial charge in [0.2, 0.25) is 0 Å². The molecule has 0 amide bonds. The molecule has 1 heterocycles. The number of hydrogen-bond donors (Lipinski definition) is 1. The summed E-state index contributed by atoms with van der Waals surface area (Å²) < 4.78 is 19.2. The van der Waals surface area contributed by atoms with Crippen molar-refractivity contribution in [3.63, 3.8) is 0 Å². The van der Waals surface area contributed by atoms with E-state index in [-0.39, 0.29) is 22.7 Å². The molecular weight excluding hydrogens is 243 g/mol. The van der Waals surface area contributed by atoms with E-state index in [1.807, 2.05) is 0 Å². The number of para-hydroxylation sites is 1. The van der Waals surface area contributed by atoms with Gasteiger partial charge in [-0.15, -0.1) is 0 Å². The van der Waals surface area contributed by atoms with Gasteiger partial charge < -0.3 is 9.52 Å². The third-order valence-electron chi connectivity index (χ3n) is 4.53. The first kappa shape index (κ1) is 12.7. The molecule has 1 fully saturated rings. The highest BCUT2D eigenvalue weighted by Crippen LogP contribution is 2.49. The molecule has 0 aliphatic heterocycles. The third kappa shape index (κ3) is 2.06. The largest absolute Gasteiger partial charge is 0.455 e. The fraction of sp³-hybridized carbons (Fsp3) is 0.500. The molecular formula is C16H19FO2. The highest BCUT2D eigenvalue weighted by atomic mass is 19.1. The summed E-state index contributed by atoms with van der Waals surface area (Å²) in [4.78, 5) is 0. The minimum absolute atomic E-state index is 0.108. The molecule has 1 aromatic carbocycles. The van der Waals surface area contributed by atoms with E-state index in [1.165, 1.54) is 6.07 Å². The Kier molecular flexibility index (Phi) is 2.90. The van der Waals surface area contributed by atoms with Crippen molar-refractivity contribution in [1.82, 2.24) is 0 Å². The van der Waals surface area contributed by atoms with Gasteiger partial charge >= 0.3 is 0 Å². The summed E-state index contributed by atoms with van der Waals surface area (Å²) >= 11 is 0. The van der Waals surface area contributed by atoms with E-state index in [9.17, 15) is 9.50 Å². The summed E-state index contributed by atoms with van der Waals surface area (Å²) in [5, 5.41) is 11.2. The molecule has 2 unspecified atom stereocenters. The molecule has 102 valence electrons. The standard InChI is InChI=1S/C16H19FO2/c1-16(2)8-4-6-11(16)14(18)13-9-10-5-3-7-12(17)15(10)19-13/h3,5,7,9,11,14,18H,4,6,8H2,1-2H3. The lowest BCUT2D eigenvalue weighted by atomic mass is 9.78. The van der Waals surface area contributed by atoms with Crippen molar-refractivity contribution in [2.45, 2.75) is 39.2 Å². The van der Waals surface area contributed by atoms with Gasteiger partial charge in [-0.1, -0.05) is 32.4 Å². The van der Waals surface area contributed by atoms with Crippen LogP contribution in [0.4, 0.5) is 4.39 Å². The Morgan fingerprint density at radius 1 is 1.42 bits per heavy atom. The van der Waals surface area contributed by atoms with Crippen molar-refractivity contribution in [3.05, 3.63) is 35.8 Å². The molecule has 3 rings (SSSR count). The first-order valence-corrected chi connectivity index (χ1v) is 6.85. The molecule has 0 bridgehead atoms. The Labute approximate surface area is 112 Å². The summed E-state index contributed by atoms with van der Waals surface area (Å²) in [6, 6.07) is 6.60. The van der Waals surface area contributed by atoms with Gasteiger partial charge in [0.1, 0.15) is 11.9 Å². The van der Waals surface area contributed by atoms with Crippen LogP contribution in [0.5, 0.6) is 0 Å². The average molecular weight is 262 g/mol. The first-order chi connectivity index (χ1) is 8.99. The summed E-state index contributed by atoms with van der Waals surface area (Å²) in [6.07, 6.45) is 2.59. The quantitative estimate of drug-likeness (QED) is 0.868. The SMILES string of the molecule is CC1(C)CCCC1C(O)c1cc2cccc(F)c2o1. The van der Waals surface area contributed by atoms with Gasteiger partial charge in [-0.2, -0.15) is 0 Å². The van der Waals surface area contributed by atoms with Gasteiger partial charge in [0, 0.05) is 5.39 Å². The first-order valence-electron chi connectivity index (χ1n) is 6.85. The van der Waals surface area contributed by atoms with Crippen molar-refractivity contribution in [1.29, 1.82) is 0 Å². The molecule has 19 heavy (non-hydrogen) atoms. The second kappa shape index (κ2) is 4.34. The van der Waals surface area contributed by atoms with E-state index in [1.54, 1.807) is 18.2 Å². The zero-order chi connectivity index (χ0) is 13.6. The van der Waals surface area contributed by atoms with Crippen LogP contribution < -0.4 is 0 Å². The number of hydrogen-bond acceptors (Lipinski definition) is 2. The number of fused-ring (bicyclic) bond motifs is 1. The maximum Gasteiger partial charge on any atom is 0.170 e. The van der Waals surface area contributed by atoms with Crippen molar-refractivity contribution >= 4 is 11.0 Å².